The van der Waals surface area contributed by atoms with Gasteiger partial charge >= 0.3 is 0 Å². The van der Waals surface area contributed by atoms with Crippen molar-refractivity contribution in [1.29, 1.82) is 0 Å². The van der Waals surface area contributed by atoms with Crippen molar-refractivity contribution in [2.75, 3.05) is 0 Å². The number of rotatable bonds is 4. The molecule has 2 N–H and O–H groups in total. The highest BCUT2D eigenvalue weighted by Gasteiger charge is 2.26. The molecule has 2 rings (SSSR count). The zero-order chi connectivity index (χ0) is 12.4. The highest BCUT2D eigenvalue weighted by molar-refractivity contribution is 5.03. The highest BCUT2D eigenvalue weighted by atomic mass is 15.3. The van der Waals surface area contributed by atoms with Crippen LogP contribution in [0, 0.1) is 11.8 Å². The van der Waals surface area contributed by atoms with Crippen LogP contribution in [0.4, 0.5) is 0 Å². The minimum atomic E-state index is 0.287. The van der Waals surface area contributed by atoms with Gasteiger partial charge in [-0.15, -0.1) is 0 Å². The van der Waals surface area contributed by atoms with Gasteiger partial charge in [0.15, 0.2) is 0 Å². The molecule has 1 saturated carbocycles. The van der Waals surface area contributed by atoms with E-state index in [0.717, 1.165) is 18.0 Å². The first kappa shape index (κ1) is 12.6. The lowest BCUT2D eigenvalue weighted by Crippen LogP contribution is -2.31. The lowest BCUT2D eigenvalue weighted by Gasteiger charge is -2.18. The molecule has 0 saturated heterocycles. The summed E-state index contributed by atoms with van der Waals surface area (Å²) in [5.74, 6) is 1.56. The fraction of sp³-hybridized carbons (Fsp3) is 0.786. The molecule has 3 atom stereocenters. The zero-order valence-electron chi connectivity index (χ0n) is 11.3. The average molecular weight is 235 g/mol. The van der Waals surface area contributed by atoms with E-state index in [0.29, 0.717) is 12.0 Å². The molecule has 0 spiro atoms. The quantitative estimate of drug-likeness (QED) is 0.872. The van der Waals surface area contributed by atoms with Crippen LogP contribution in [0.3, 0.4) is 0 Å². The predicted molar refractivity (Wildman–Crippen MR) is 70.8 cm³/mol. The fourth-order valence-corrected chi connectivity index (χ4v) is 2.82. The standard InChI is InChI=1S/C14H25N3/c1-10(2)17-7-6-13(16-17)9-14(15)12-5-4-11(3)8-12/h6-7,10-12,14H,4-5,8-9,15H2,1-3H3. The average Bonchev–Trinajstić information content (AvgIpc) is 2.86. The number of nitrogens with two attached hydrogens (primary N) is 1. The summed E-state index contributed by atoms with van der Waals surface area (Å²) < 4.78 is 2.01. The van der Waals surface area contributed by atoms with E-state index >= 15 is 0 Å². The Balaban J connectivity index is 1.91. The van der Waals surface area contributed by atoms with Crippen molar-refractivity contribution in [3.63, 3.8) is 0 Å². The van der Waals surface area contributed by atoms with E-state index in [4.69, 9.17) is 5.73 Å². The summed E-state index contributed by atoms with van der Waals surface area (Å²) in [5.41, 5.74) is 7.45. The van der Waals surface area contributed by atoms with Gasteiger partial charge in [0, 0.05) is 24.7 Å². The zero-order valence-corrected chi connectivity index (χ0v) is 11.3. The van der Waals surface area contributed by atoms with Crippen LogP contribution in [0.25, 0.3) is 0 Å². The Morgan fingerprint density at radius 1 is 1.47 bits per heavy atom. The third kappa shape index (κ3) is 3.09. The molecule has 1 heterocycles. The van der Waals surface area contributed by atoms with Gasteiger partial charge in [-0.1, -0.05) is 13.3 Å². The van der Waals surface area contributed by atoms with E-state index in [1.165, 1.54) is 19.3 Å². The van der Waals surface area contributed by atoms with Crippen molar-refractivity contribution in [2.24, 2.45) is 17.6 Å². The molecule has 17 heavy (non-hydrogen) atoms. The lowest BCUT2D eigenvalue weighted by atomic mass is 9.94. The van der Waals surface area contributed by atoms with Crippen molar-refractivity contribution in [2.45, 2.75) is 58.5 Å². The van der Waals surface area contributed by atoms with Gasteiger partial charge in [0.2, 0.25) is 0 Å². The van der Waals surface area contributed by atoms with E-state index in [-0.39, 0.29) is 6.04 Å². The van der Waals surface area contributed by atoms with Crippen LogP contribution in [0.5, 0.6) is 0 Å². The first-order valence-corrected chi connectivity index (χ1v) is 6.86. The maximum atomic E-state index is 6.31. The summed E-state index contributed by atoms with van der Waals surface area (Å²) >= 11 is 0. The highest BCUT2D eigenvalue weighted by Crippen LogP contribution is 2.32. The largest absolute Gasteiger partial charge is 0.327 e. The monoisotopic (exact) mass is 235 g/mol. The second kappa shape index (κ2) is 5.21. The van der Waals surface area contributed by atoms with Crippen molar-refractivity contribution < 1.29 is 0 Å². The molecule has 3 heteroatoms. The number of hydrogen-bond donors (Lipinski definition) is 1. The lowest BCUT2D eigenvalue weighted by molar-refractivity contribution is 0.410. The second-order valence-electron chi connectivity index (χ2n) is 5.93. The summed E-state index contributed by atoms with van der Waals surface area (Å²) in [5, 5.41) is 4.58. The second-order valence-corrected chi connectivity index (χ2v) is 5.93. The van der Waals surface area contributed by atoms with Crippen LogP contribution < -0.4 is 5.73 Å². The molecular weight excluding hydrogens is 210 g/mol. The molecule has 0 bridgehead atoms. The molecular formula is C14H25N3. The molecule has 1 aliphatic rings. The predicted octanol–water partition coefficient (Wildman–Crippen LogP) is 2.77. The van der Waals surface area contributed by atoms with Crippen molar-refractivity contribution in [1.82, 2.24) is 9.78 Å². The Hall–Kier alpha value is -0.830. The molecule has 0 aromatic carbocycles. The maximum Gasteiger partial charge on any atom is 0.0640 e. The summed E-state index contributed by atoms with van der Waals surface area (Å²) in [6.07, 6.45) is 6.93. The topological polar surface area (TPSA) is 43.8 Å². The number of hydrogen-bond acceptors (Lipinski definition) is 2. The molecule has 1 aromatic rings. The van der Waals surface area contributed by atoms with Crippen molar-refractivity contribution in [3.8, 4) is 0 Å². The van der Waals surface area contributed by atoms with Gasteiger partial charge in [-0.05, 0) is 44.6 Å². The Bertz CT molecular complexity index is 356. The molecule has 1 fully saturated rings. The Labute approximate surface area is 104 Å². The smallest absolute Gasteiger partial charge is 0.0640 e. The molecule has 0 aliphatic heterocycles. The maximum absolute atomic E-state index is 6.31. The van der Waals surface area contributed by atoms with Gasteiger partial charge in [0.05, 0.1) is 5.69 Å². The third-order valence-electron chi connectivity index (χ3n) is 3.98. The molecule has 3 unspecified atom stereocenters. The Kier molecular flexibility index (Phi) is 3.87. The van der Waals surface area contributed by atoms with Crippen molar-refractivity contribution >= 4 is 0 Å². The van der Waals surface area contributed by atoms with Crippen molar-refractivity contribution in [3.05, 3.63) is 18.0 Å². The Morgan fingerprint density at radius 3 is 2.76 bits per heavy atom. The van der Waals surface area contributed by atoms with Gasteiger partial charge < -0.3 is 5.73 Å². The van der Waals surface area contributed by atoms with E-state index in [2.05, 4.69) is 38.1 Å². The first-order valence-electron chi connectivity index (χ1n) is 6.86. The Morgan fingerprint density at radius 2 is 2.24 bits per heavy atom. The first-order chi connectivity index (χ1) is 8.06. The number of nitrogens with zero attached hydrogens (tertiary/aromatic N) is 2. The van der Waals surface area contributed by atoms with Gasteiger partial charge in [-0.3, -0.25) is 4.68 Å². The summed E-state index contributed by atoms with van der Waals surface area (Å²) in [7, 11) is 0. The van der Waals surface area contributed by atoms with Gasteiger partial charge in [-0.2, -0.15) is 5.10 Å². The molecule has 96 valence electrons. The fourth-order valence-electron chi connectivity index (χ4n) is 2.82. The van der Waals surface area contributed by atoms with Crippen LogP contribution >= 0.6 is 0 Å². The third-order valence-corrected chi connectivity index (χ3v) is 3.98. The van der Waals surface area contributed by atoms with Crippen LogP contribution in [-0.4, -0.2) is 15.8 Å². The molecule has 1 aliphatic carbocycles. The van der Waals surface area contributed by atoms with Crippen LogP contribution in [0.1, 0.15) is 51.8 Å². The normalized spacial score (nSPS) is 26.6. The van der Waals surface area contributed by atoms with Gasteiger partial charge in [-0.25, -0.2) is 0 Å². The minimum Gasteiger partial charge on any atom is -0.327 e. The van der Waals surface area contributed by atoms with E-state index in [1.54, 1.807) is 0 Å². The van der Waals surface area contributed by atoms with Gasteiger partial charge in [0.1, 0.15) is 0 Å². The van der Waals surface area contributed by atoms with E-state index in [1.807, 2.05) is 4.68 Å². The number of aromatic nitrogens is 2. The van der Waals surface area contributed by atoms with E-state index in [9.17, 15) is 0 Å². The van der Waals surface area contributed by atoms with Crippen LogP contribution in [-0.2, 0) is 6.42 Å². The van der Waals surface area contributed by atoms with Crippen LogP contribution in [0.15, 0.2) is 12.3 Å². The minimum absolute atomic E-state index is 0.287. The van der Waals surface area contributed by atoms with Gasteiger partial charge in [0.25, 0.3) is 0 Å². The molecule has 0 radical (unpaired) electrons. The summed E-state index contributed by atoms with van der Waals surface area (Å²) in [4.78, 5) is 0. The molecule has 1 aromatic heterocycles. The SMILES string of the molecule is CC1CCC(C(N)Cc2ccn(C(C)C)n2)C1. The summed E-state index contributed by atoms with van der Waals surface area (Å²) in [6, 6.07) is 2.83. The molecule has 0 amide bonds. The summed E-state index contributed by atoms with van der Waals surface area (Å²) in [6.45, 7) is 6.63. The van der Waals surface area contributed by atoms with Crippen LogP contribution in [0.2, 0.25) is 0 Å². The molecule has 3 nitrogen and oxygen atoms in total. The van der Waals surface area contributed by atoms with E-state index < -0.39 is 0 Å².